The number of aromatic amines is 1. The summed E-state index contributed by atoms with van der Waals surface area (Å²) >= 11 is 0. The van der Waals surface area contributed by atoms with Gasteiger partial charge in [-0.1, -0.05) is 31.2 Å². The van der Waals surface area contributed by atoms with Crippen molar-refractivity contribution < 1.29 is 9.90 Å². The Morgan fingerprint density at radius 3 is 2.87 bits per heavy atom. The molecule has 1 amide bonds. The van der Waals surface area contributed by atoms with Gasteiger partial charge in [-0.25, -0.2) is 0 Å². The maximum atomic E-state index is 12.3. The van der Waals surface area contributed by atoms with E-state index in [1.54, 1.807) is 6.07 Å². The predicted molar refractivity (Wildman–Crippen MR) is 88.1 cm³/mol. The molecule has 0 bridgehead atoms. The highest BCUT2D eigenvalue weighted by Crippen LogP contribution is 2.19. The zero-order chi connectivity index (χ0) is 16.2. The number of β-amino-alcohol motifs (C(OH)–C–C–N with tert-alkyl or cyclic N) is 1. The Labute approximate surface area is 135 Å². The topological polar surface area (TPSA) is 90.0 Å². The van der Waals surface area contributed by atoms with E-state index >= 15 is 0 Å². The van der Waals surface area contributed by atoms with Crippen LogP contribution in [-0.4, -0.2) is 46.4 Å². The number of piperidine rings is 1. The Bertz CT molecular complexity index is 665. The van der Waals surface area contributed by atoms with Gasteiger partial charge in [0.05, 0.1) is 17.8 Å². The molecule has 4 N–H and O–H groups in total. The van der Waals surface area contributed by atoms with E-state index in [9.17, 15) is 9.90 Å². The summed E-state index contributed by atoms with van der Waals surface area (Å²) in [7, 11) is 0. The Morgan fingerprint density at radius 1 is 1.39 bits per heavy atom. The second kappa shape index (κ2) is 6.93. The van der Waals surface area contributed by atoms with Crippen molar-refractivity contribution in [3.8, 4) is 11.3 Å². The number of H-pyrrole nitrogens is 1. The van der Waals surface area contributed by atoms with Gasteiger partial charge in [0, 0.05) is 12.1 Å². The molecule has 1 aliphatic heterocycles. The van der Waals surface area contributed by atoms with Crippen LogP contribution in [0.15, 0.2) is 30.3 Å². The third kappa shape index (κ3) is 3.60. The lowest BCUT2D eigenvalue weighted by Crippen LogP contribution is -2.52. The lowest BCUT2D eigenvalue weighted by atomic mass is 10.0. The molecular weight excluding hydrogens is 292 g/mol. The lowest BCUT2D eigenvalue weighted by Gasteiger charge is -2.28. The number of nitrogens with one attached hydrogen (secondary N) is 3. The van der Waals surface area contributed by atoms with E-state index in [2.05, 4.69) is 39.9 Å². The number of hydrogen-bond donors (Lipinski definition) is 4. The number of aryl methyl sites for hydroxylation is 1. The molecule has 1 fully saturated rings. The molecule has 1 aromatic heterocycles. The molecule has 1 aliphatic rings. The van der Waals surface area contributed by atoms with Crippen molar-refractivity contribution in [3.63, 3.8) is 0 Å². The molecule has 1 saturated heterocycles. The Balaban J connectivity index is 1.69. The first-order valence-electron chi connectivity index (χ1n) is 8.01. The summed E-state index contributed by atoms with van der Waals surface area (Å²) in [6.45, 7) is 3.41. The highest BCUT2D eigenvalue weighted by molar-refractivity contribution is 5.93. The molecule has 3 rings (SSSR count). The van der Waals surface area contributed by atoms with Crippen molar-refractivity contribution >= 4 is 5.91 Å². The number of aliphatic hydroxyl groups excluding tert-OH is 1. The van der Waals surface area contributed by atoms with Crippen LogP contribution in [0, 0.1) is 0 Å². The second-order valence-corrected chi connectivity index (χ2v) is 5.86. The monoisotopic (exact) mass is 314 g/mol. The van der Waals surface area contributed by atoms with Crippen molar-refractivity contribution in [3.05, 3.63) is 41.6 Å². The highest BCUT2D eigenvalue weighted by Gasteiger charge is 2.25. The summed E-state index contributed by atoms with van der Waals surface area (Å²) in [6.07, 6.45) is 1.15. The van der Waals surface area contributed by atoms with Gasteiger partial charge in [-0.05, 0) is 31.0 Å². The number of aromatic nitrogens is 2. The fourth-order valence-electron chi connectivity index (χ4n) is 2.75. The summed E-state index contributed by atoms with van der Waals surface area (Å²) in [4.78, 5) is 12.3. The number of nitrogens with zero attached hydrogens (tertiary/aromatic N) is 1. The van der Waals surface area contributed by atoms with E-state index in [4.69, 9.17) is 0 Å². The van der Waals surface area contributed by atoms with Crippen molar-refractivity contribution in [2.24, 2.45) is 0 Å². The fraction of sp³-hybridized carbons (Fsp3) is 0.412. The van der Waals surface area contributed by atoms with Crippen molar-refractivity contribution in [1.29, 1.82) is 0 Å². The van der Waals surface area contributed by atoms with E-state index in [0.29, 0.717) is 18.7 Å². The normalized spacial score (nSPS) is 21.1. The molecule has 6 nitrogen and oxygen atoms in total. The molecule has 23 heavy (non-hydrogen) atoms. The summed E-state index contributed by atoms with van der Waals surface area (Å²) in [5.41, 5.74) is 3.38. The van der Waals surface area contributed by atoms with Crippen molar-refractivity contribution in [2.75, 3.05) is 13.1 Å². The Hall–Kier alpha value is -2.18. The maximum absolute atomic E-state index is 12.3. The number of carbonyl (C=O) groups is 1. The number of rotatable bonds is 4. The molecule has 2 aromatic rings. The molecular formula is C17H22N4O2. The van der Waals surface area contributed by atoms with Crippen molar-refractivity contribution in [2.45, 2.75) is 31.9 Å². The summed E-state index contributed by atoms with van der Waals surface area (Å²) < 4.78 is 0. The van der Waals surface area contributed by atoms with E-state index in [1.165, 1.54) is 5.56 Å². The van der Waals surface area contributed by atoms with Crippen LogP contribution in [-0.2, 0) is 6.42 Å². The Kier molecular flexibility index (Phi) is 4.73. The van der Waals surface area contributed by atoms with E-state index in [-0.39, 0.29) is 11.9 Å². The van der Waals surface area contributed by atoms with Gasteiger partial charge in [-0.3, -0.25) is 9.89 Å². The van der Waals surface area contributed by atoms with Gasteiger partial charge in [0.1, 0.15) is 5.69 Å². The van der Waals surface area contributed by atoms with E-state index in [1.807, 2.05) is 12.1 Å². The van der Waals surface area contributed by atoms with Gasteiger partial charge in [-0.15, -0.1) is 0 Å². The molecule has 2 heterocycles. The number of amides is 1. The van der Waals surface area contributed by atoms with Crippen molar-refractivity contribution in [1.82, 2.24) is 20.8 Å². The summed E-state index contributed by atoms with van der Waals surface area (Å²) in [6, 6.07) is 9.66. The van der Waals surface area contributed by atoms with Gasteiger partial charge in [0.25, 0.3) is 5.91 Å². The van der Waals surface area contributed by atoms with Crippen LogP contribution < -0.4 is 10.6 Å². The number of aliphatic hydroxyl groups is 1. The molecule has 0 spiro atoms. The first-order valence-corrected chi connectivity index (χ1v) is 8.01. The minimum absolute atomic E-state index is 0.223. The van der Waals surface area contributed by atoms with E-state index < -0.39 is 6.10 Å². The number of carbonyl (C=O) groups excluding carboxylic acids is 1. The summed E-state index contributed by atoms with van der Waals surface area (Å²) in [5, 5.41) is 22.8. The predicted octanol–water partition coefficient (Wildman–Crippen LogP) is 1.09. The Morgan fingerprint density at radius 2 is 2.17 bits per heavy atom. The minimum Gasteiger partial charge on any atom is -0.390 e. The molecule has 0 aliphatic carbocycles. The molecule has 1 aromatic carbocycles. The minimum atomic E-state index is -0.559. The third-order valence-electron chi connectivity index (χ3n) is 4.25. The second-order valence-electron chi connectivity index (χ2n) is 5.86. The molecule has 6 heteroatoms. The van der Waals surface area contributed by atoms with Crippen LogP contribution in [0.3, 0.4) is 0 Å². The SMILES string of the molecule is CCc1ccc(-c2cc(C(=O)N[C@@H]3CCNC[C@H]3O)[nH]n2)cc1. The number of hydrogen-bond acceptors (Lipinski definition) is 4. The standard InChI is InChI=1S/C17H22N4O2/c1-2-11-3-5-12(6-4-11)14-9-15(21-20-14)17(23)19-13-7-8-18-10-16(13)22/h3-6,9,13,16,18,22H,2,7-8,10H2,1H3,(H,19,23)(H,20,21)/t13-,16-/m1/s1. The smallest absolute Gasteiger partial charge is 0.269 e. The molecule has 0 radical (unpaired) electrons. The molecule has 122 valence electrons. The van der Waals surface area contributed by atoms with Gasteiger partial charge in [0.15, 0.2) is 0 Å². The average molecular weight is 314 g/mol. The first-order chi connectivity index (χ1) is 11.2. The van der Waals surface area contributed by atoms with Crippen LogP contribution in [0.1, 0.15) is 29.4 Å². The van der Waals surface area contributed by atoms with Gasteiger partial charge < -0.3 is 15.7 Å². The third-order valence-corrected chi connectivity index (χ3v) is 4.25. The highest BCUT2D eigenvalue weighted by atomic mass is 16.3. The molecule has 2 atom stereocenters. The zero-order valence-corrected chi connectivity index (χ0v) is 13.2. The average Bonchev–Trinajstić information content (AvgIpc) is 3.07. The van der Waals surface area contributed by atoms with Crippen LogP contribution in [0.5, 0.6) is 0 Å². The maximum Gasteiger partial charge on any atom is 0.269 e. The first kappa shape index (κ1) is 15.7. The van der Waals surface area contributed by atoms with Gasteiger partial charge in [-0.2, -0.15) is 5.10 Å². The fourth-order valence-corrected chi connectivity index (χ4v) is 2.75. The number of benzene rings is 1. The van der Waals surface area contributed by atoms with Crippen LogP contribution in [0.25, 0.3) is 11.3 Å². The quantitative estimate of drug-likeness (QED) is 0.680. The molecule has 0 saturated carbocycles. The zero-order valence-electron chi connectivity index (χ0n) is 13.2. The van der Waals surface area contributed by atoms with Crippen LogP contribution in [0.2, 0.25) is 0 Å². The largest absolute Gasteiger partial charge is 0.390 e. The van der Waals surface area contributed by atoms with Gasteiger partial charge >= 0.3 is 0 Å². The van der Waals surface area contributed by atoms with Crippen LogP contribution >= 0.6 is 0 Å². The van der Waals surface area contributed by atoms with E-state index in [0.717, 1.165) is 24.2 Å². The van der Waals surface area contributed by atoms with Crippen LogP contribution in [0.4, 0.5) is 0 Å². The summed E-state index contributed by atoms with van der Waals surface area (Å²) in [5.74, 6) is -0.236. The lowest BCUT2D eigenvalue weighted by molar-refractivity contribution is 0.0761. The van der Waals surface area contributed by atoms with Gasteiger partial charge in [0.2, 0.25) is 0 Å². The molecule has 0 unspecified atom stereocenters.